The minimum absolute atomic E-state index is 0.202. The molecule has 0 unspecified atom stereocenters. The predicted molar refractivity (Wildman–Crippen MR) is 131 cm³/mol. The van der Waals surface area contributed by atoms with Gasteiger partial charge in [0.25, 0.3) is 11.5 Å². The second-order valence-corrected chi connectivity index (χ2v) is 8.52. The molecule has 4 rings (SSSR count). The van der Waals surface area contributed by atoms with E-state index in [4.69, 9.17) is 4.74 Å². The Balaban J connectivity index is 1.30. The summed E-state index contributed by atoms with van der Waals surface area (Å²) < 4.78 is 6.89. The largest absolute Gasteiger partial charge is 0.492 e. The first-order valence-corrected chi connectivity index (χ1v) is 11.6. The lowest BCUT2D eigenvalue weighted by Gasteiger charge is -2.32. The van der Waals surface area contributed by atoms with E-state index in [0.717, 1.165) is 44.0 Å². The maximum atomic E-state index is 12.7. The number of rotatable bonds is 9. The van der Waals surface area contributed by atoms with Gasteiger partial charge in [-0.25, -0.2) is 4.68 Å². The molecule has 0 bridgehead atoms. The molecule has 0 atom stereocenters. The van der Waals surface area contributed by atoms with E-state index in [1.807, 2.05) is 42.5 Å². The Hall–Kier alpha value is -3.49. The van der Waals surface area contributed by atoms with Crippen LogP contribution in [0.15, 0.2) is 71.5 Å². The van der Waals surface area contributed by atoms with Gasteiger partial charge >= 0.3 is 0 Å². The SMILES string of the molecule is CN1CCN(Cc2cccc(CNC(=O)c3ccc(=O)n(CCOc4ccccc4)n3)c2)CC1. The molecule has 1 N–H and O–H groups in total. The highest BCUT2D eigenvalue weighted by Crippen LogP contribution is 2.11. The van der Waals surface area contributed by atoms with E-state index in [1.165, 1.54) is 22.4 Å². The van der Waals surface area contributed by atoms with Crippen molar-refractivity contribution in [1.29, 1.82) is 0 Å². The zero-order valence-electron chi connectivity index (χ0n) is 19.5. The van der Waals surface area contributed by atoms with Crippen molar-refractivity contribution in [3.05, 3.63) is 93.9 Å². The van der Waals surface area contributed by atoms with Crippen molar-refractivity contribution in [1.82, 2.24) is 24.9 Å². The van der Waals surface area contributed by atoms with Gasteiger partial charge in [-0.15, -0.1) is 0 Å². The molecule has 34 heavy (non-hydrogen) atoms. The number of carbonyl (C=O) groups is 1. The van der Waals surface area contributed by atoms with Crippen molar-refractivity contribution in [3.8, 4) is 5.75 Å². The minimum atomic E-state index is -0.317. The standard InChI is InChI=1S/C26H31N5O3/c1-29-12-14-30(15-13-29)20-22-7-5-6-21(18-22)19-27-26(33)24-10-11-25(32)31(28-24)16-17-34-23-8-3-2-4-9-23/h2-11,18H,12-17,19-20H2,1H3,(H,27,33). The van der Waals surface area contributed by atoms with Crippen LogP contribution in [0.25, 0.3) is 0 Å². The van der Waals surface area contributed by atoms with E-state index in [0.29, 0.717) is 6.54 Å². The first-order chi connectivity index (χ1) is 16.6. The molecular weight excluding hydrogens is 430 g/mol. The molecule has 8 heteroatoms. The molecule has 1 aromatic heterocycles. The average Bonchev–Trinajstić information content (AvgIpc) is 2.86. The molecule has 0 spiro atoms. The number of nitrogens with zero attached hydrogens (tertiary/aromatic N) is 4. The third-order valence-electron chi connectivity index (χ3n) is 5.86. The average molecular weight is 462 g/mol. The summed E-state index contributed by atoms with van der Waals surface area (Å²) in [5, 5.41) is 7.13. The number of aromatic nitrogens is 2. The van der Waals surface area contributed by atoms with Crippen molar-refractivity contribution < 1.29 is 9.53 Å². The highest BCUT2D eigenvalue weighted by atomic mass is 16.5. The summed E-state index contributed by atoms with van der Waals surface area (Å²) in [6.07, 6.45) is 0. The fourth-order valence-electron chi connectivity index (χ4n) is 3.87. The first kappa shape index (κ1) is 23.7. The van der Waals surface area contributed by atoms with Gasteiger partial charge in [-0.2, -0.15) is 5.10 Å². The zero-order valence-corrected chi connectivity index (χ0v) is 19.5. The highest BCUT2D eigenvalue weighted by molar-refractivity contribution is 5.91. The van der Waals surface area contributed by atoms with Crippen molar-refractivity contribution in [2.24, 2.45) is 0 Å². The fraction of sp³-hybridized carbons (Fsp3) is 0.346. The van der Waals surface area contributed by atoms with Crippen LogP contribution in [0.2, 0.25) is 0 Å². The Morgan fingerprint density at radius 2 is 1.74 bits per heavy atom. The Kier molecular flexibility index (Phi) is 8.06. The fourth-order valence-corrected chi connectivity index (χ4v) is 3.87. The number of carbonyl (C=O) groups excluding carboxylic acids is 1. The molecule has 0 radical (unpaired) electrons. The molecule has 0 saturated carbocycles. The topological polar surface area (TPSA) is 79.7 Å². The molecule has 1 saturated heterocycles. The number of hydrogen-bond donors (Lipinski definition) is 1. The summed E-state index contributed by atoms with van der Waals surface area (Å²) in [4.78, 5) is 29.6. The van der Waals surface area contributed by atoms with Crippen LogP contribution in [0.3, 0.4) is 0 Å². The molecule has 3 aromatic rings. The second kappa shape index (κ2) is 11.6. The molecule has 0 aliphatic carbocycles. The van der Waals surface area contributed by atoms with Gasteiger partial charge in [0.2, 0.25) is 0 Å². The number of amides is 1. The second-order valence-electron chi connectivity index (χ2n) is 8.52. The molecule has 2 aromatic carbocycles. The smallest absolute Gasteiger partial charge is 0.271 e. The monoisotopic (exact) mass is 461 g/mol. The Labute approximate surface area is 199 Å². The third kappa shape index (κ3) is 6.76. The summed E-state index contributed by atoms with van der Waals surface area (Å²) in [6.45, 7) is 6.14. The number of para-hydroxylation sites is 1. The van der Waals surface area contributed by atoms with E-state index in [-0.39, 0.29) is 30.3 Å². The highest BCUT2D eigenvalue weighted by Gasteiger charge is 2.14. The van der Waals surface area contributed by atoms with Gasteiger partial charge < -0.3 is 15.0 Å². The van der Waals surface area contributed by atoms with Crippen molar-refractivity contribution in [2.45, 2.75) is 19.6 Å². The maximum Gasteiger partial charge on any atom is 0.271 e. The van der Waals surface area contributed by atoms with Crippen molar-refractivity contribution in [2.75, 3.05) is 39.8 Å². The molecule has 178 valence electrons. The lowest BCUT2D eigenvalue weighted by molar-refractivity contribution is 0.0943. The van der Waals surface area contributed by atoms with Gasteiger partial charge in [0.15, 0.2) is 0 Å². The first-order valence-electron chi connectivity index (χ1n) is 11.6. The van der Waals surface area contributed by atoms with Gasteiger partial charge in [0.05, 0.1) is 6.54 Å². The van der Waals surface area contributed by atoms with Gasteiger partial charge in [-0.05, 0) is 36.4 Å². The normalized spacial score (nSPS) is 14.6. The van der Waals surface area contributed by atoms with Crippen LogP contribution in [0.1, 0.15) is 21.6 Å². The molecular formula is C26H31N5O3. The van der Waals surface area contributed by atoms with Crippen LogP contribution in [-0.2, 0) is 19.6 Å². The van der Waals surface area contributed by atoms with Gasteiger partial charge in [-0.1, -0.05) is 42.5 Å². The number of likely N-dealkylation sites (N-methyl/N-ethyl adjacent to an activating group) is 1. The summed E-state index contributed by atoms with van der Waals surface area (Å²) in [5.41, 5.74) is 2.20. The third-order valence-corrected chi connectivity index (χ3v) is 5.86. The minimum Gasteiger partial charge on any atom is -0.492 e. The summed E-state index contributed by atoms with van der Waals surface area (Å²) >= 11 is 0. The summed E-state index contributed by atoms with van der Waals surface area (Å²) in [5.74, 6) is 0.404. The maximum absolute atomic E-state index is 12.7. The number of ether oxygens (including phenoxy) is 1. The Morgan fingerprint density at radius 3 is 2.53 bits per heavy atom. The number of benzene rings is 2. The van der Waals surface area contributed by atoms with Crippen LogP contribution in [0.5, 0.6) is 5.75 Å². The molecule has 1 amide bonds. The number of hydrogen-bond acceptors (Lipinski definition) is 6. The summed E-state index contributed by atoms with van der Waals surface area (Å²) in [6, 6.07) is 20.5. The van der Waals surface area contributed by atoms with Crippen molar-refractivity contribution >= 4 is 5.91 Å². The van der Waals surface area contributed by atoms with Crippen LogP contribution in [0.4, 0.5) is 0 Å². The van der Waals surface area contributed by atoms with Gasteiger partial charge in [-0.3, -0.25) is 14.5 Å². The Bertz CT molecular complexity index is 1140. The molecule has 1 aliphatic heterocycles. The van der Waals surface area contributed by atoms with Crippen LogP contribution >= 0.6 is 0 Å². The van der Waals surface area contributed by atoms with Crippen LogP contribution in [0, 0.1) is 0 Å². The lowest BCUT2D eigenvalue weighted by Crippen LogP contribution is -2.43. The molecule has 2 heterocycles. The lowest BCUT2D eigenvalue weighted by atomic mass is 10.1. The predicted octanol–water partition coefficient (Wildman–Crippen LogP) is 2.00. The quantitative estimate of drug-likeness (QED) is 0.525. The van der Waals surface area contributed by atoms with Gasteiger partial charge in [0, 0.05) is 45.3 Å². The molecule has 8 nitrogen and oxygen atoms in total. The Morgan fingerprint density at radius 1 is 0.971 bits per heavy atom. The van der Waals surface area contributed by atoms with Crippen LogP contribution < -0.4 is 15.6 Å². The van der Waals surface area contributed by atoms with Crippen LogP contribution in [-0.4, -0.2) is 65.3 Å². The van der Waals surface area contributed by atoms with Crippen molar-refractivity contribution in [3.63, 3.8) is 0 Å². The number of piperazine rings is 1. The van der Waals surface area contributed by atoms with E-state index in [1.54, 1.807) is 0 Å². The summed E-state index contributed by atoms with van der Waals surface area (Å²) in [7, 11) is 2.15. The zero-order chi connectivity index (χ0) is 23.8. The number of nitrogens with one attached hydrogen (secondary N) is 1. The molecule has 1 fully saturated rings. The van der Waals surface area contributed by atoms with E-state index in [2.05, 4.69) is 39.4 Å². The van der Waals surface area contributed by atoms with E-state index >= 15 is 0 Å². The molecule has 1 aliphatic rings. The van der Waals surface area contributed by atoms with E-state index in [9.17, 15) is 9.59 Å². The van der Waals surface area contributed by atoms with E-state index < -0.39 is 0 Å². The van der Waals surface area contributed by atoms with Gasteiger partial charge in [0.1, 0.15) is 18.1 Å².